The third kappa shape index (κ3) is 4.16. The third-order valence-corrected chi connectivity index (χ3v) is 8.01. The van der Waals surface area contributed by atoms with E-state index in [-0.39, 0.29) is 16.8 Å². The number of nitrogens with zero attached hydrogens (tertiary/aromatic N) is 2. The Hall–Kier alpha value is -2.00. The number of halogens is 1. The Morgan fingerprint density at radius 1 is 1.21 bits per heavy atom. The molecule has 1 fully saturated rings. The van der Waals surface area contributed by atoms with Crippen molar-refractivity contribution in [2.24, 2.45) is 0 Å². The summed E-state index contributed by atoms with van der Waals surface area (Å²) in [6.45, 7) is 2.12. The average molecular weight is 451 g/mol. The van der Waals surface area contributed by atoms with Crippen LogP contribution in [0.2, 0.25) is 5.02 Å². The Morgan fingerprint density at radius 3 is 2.62 bits per heavy atom. The maximum atomic E-state index is 12.9. The number of ether oxygens (including phenoxy) is 1. The van der Waals surface area contributed by atoms with Crippen LogP contribution in [0.5, 0.6) is 5.19 Å². The Labute approximate surface area is 178 Å². The van der Waals surface area contributed by atoms with Crippen molar-refractivity contribution < 1.29 is 17.9 Å². The number of hydrogen-bond donors (Lipinski definition) is 0. The van der Waals surface area contributed by atoms with Gasteiger partial charge in [0.15, 0.2) is 5.78 Å². The standard InChI is InChI=1S/C20H19ClN2O4S2/c1-13(24)14-4-2-5-16(12-14)29(25,26)23-10-8-15(9-11-23)27-20-22-19-17(21)6-3-7-18(19)28-20/h2-7,12,15H,8-11H2,1H3. The number of fused-ring (bicyclic) bond motifs is 1. The van der Waals surface area contributed by atoms with Crippen LogP contribution < -0.4 is 4.74 Å². The van der Waals surface area contributed by atoms with E-state index < -0.39 is 10.0 Å². The molecule has 0 saturated carbocycles. The second-order valence-corrected chi connectivity index (χ2v) is 10.2. The van der Waals surface area contributed by atoms with Crippen LogP contribution in [0.15, 0.2) is 47.4 Å². The smallest absolute Gasteiger partial charge is 0.274 e. The van der Waals surface area contributed by atoms with E-state index >= 15 is 0 Å². The molecule has 152 valence electrons. The molecule has 3 aromatic rings. The minimum Gasteiger partial charge on any atom is -0.467 e. The molecular weight excluding hydrogens is 432 g/mol. The molecule has 0 unspecified atom stereocenters. The highest BCUT2D eigenvalue weighted by atomic mass is 35.5. The normalized spacial score (nSPS) is 16.2. The van der Waals surface area contributed by atoms with E-state index in [1.165, 1.54) is 34.7 Å². The molecule has 9 heteroatoms. The summed E-state index contributed by atoms with van der Waals surface area (Å²) in [5, 5.41) is 1.13. The number of ketones is 1. The first-order valence-corrected chi connectivity index (χ1v) is 11.8. The van der Waals surface area contributed by atoms with Crippen LogP contribution in [0.4, 0.5) is 0 Å². The summed E-state index contributed by atoms with van der Waals surface area (Å²) in [5.74, 6) is -0.162. The first-order chi connectivity index (χ1) is 13.8. The molecule has 2 heterocycles. The summed E-state index contributed by atoms with van der Waals surface area (Å²) < 4.78 is 34.3. The molecule has 0 bridgehead atoms. The predicted octanol–water partition coefficient (Wildman–Crippen LogP) is 4.38. The predicted molar refractivity (Wildman–Crippen MR) is 113 cm³/mol. The van der Waals surface area contributed by atoms with Crippen molar-refractivity contribution in [3.05, 3.63) is 53.1 Å². The van der Waals surface area contributed by atoms with E-state index in [1.54, 1.807) is 18.2 Å². The first-order valence-electron chi connectivity index (χ1n) is 9.17. The molecule has 1 aliphatic heterocycles. The van der Waals surface area contributed by atoms with Crippen molar-refractivity contribution in [1.29, 1.82) is 0 Å². The lowest BCUT2D eigenvalue weighted by molar-refractivity contribution is 0.101. The van der Waals surface area contributed by atoms with Crippen LogP contribution in [0.25, 0.3) is 10.2 Å². The van der Waals surface area contributed by atoms with Crippen LogP contribution in [0.3, 0.4) is 0 Å². The number of carbonyl (C=O) groups is 1. The zero-order valence-electron chi connectivity index (χ0n) is 15.7. The Balaban J connectivity index is 1.44. The van der Waals surface area contributed by atoms with Crippen LogP contribution >= 0.6 is 22.9 Å². The molecule has 4 rings (SSSR count). The summed E-state index contributed by atoms with van der Waals surface area (Å²) in [7, 11) is -3.65. The van der Waals surface area contributed by atoms with Gasteiger partial charge in [0.05, 0.1) is 14.6 Å². The van der Waals surface area contributed by atoms with Crippen molar-refractivity contribution in [2.45, 2.75) is 30.8 Å². The van der Waals surface area contributed by atoms with E-state index in [1.807, 2.05) is 12.1 Å². The maximum absolute atomic E-state index is 12.9. The molecular formula is C20H19ClN2O4S2. The van der Waals surface area contributed by atoms with Crippen LogP contribution in [0.1, 0.15) is 30.1 Å². The average Bonchev–Trinajstić information content (AvgIpc) is 3.12. The quantitative estimate of drug-likeness (QED) is 0.539. The molecule has 2 aromatic carbocycles. The number of para-hydroxylation sites is 1. The molecule has 0 aliphatic carbocycles. The molecule has 29 heavy (non-hydrogen) atoms. The monoisotopic (exact) mass is 450 g/mol. The molecule has 0 N–H and O–H groups in total. The number of Topliss-reactive ketones (excluding diaryl/α,β-unsaturated/α-hetero) is 1. The highest BCUT2D eigenvalue weighted by Crippen LogP contribution is 2.33. The van der Waals surface area contributed by atoms with Gasteiger partial charge >= 0.3 is 0 Å². The zero-order valence-corrected chi connectivity index (χ0v) is 18.1. The van der Waals surface area contributed by atoms with E-state index in [4.69, 9.17) is 16.3 Å². The van der Waals surface area contributed by atoms with Gasteiger partial charge in [0.1, 0.15) is 11.6 Å². The van der Waals surface area contributed by atoms with Crippen molar-refractivity contribution in [3.63, 3.8) is 0 Å². The SMILES string of the molecule is CC(=O)c1cccc(S(=O)(=O)N2CCC(Oc3nc4c(Cl)cccc4s3)CC2)c1. The summed E-state index contributed by atoms with van der Waals surface area (Å²) in [5.41, 5.74) is 1.11. The second-order valence-electron chi connectivity index (χ2n) is 6.87. The van der Waals surface area contributed by atoms with Crippen molar-refractivity contribution in [3.8, 4) is 5.19 Å². The lowest BCUT2D eigenvalue weighted by atomic mass is 10.1. The zero-order chi connectivity index (χ0) is 20.6. The highest BCUT2D eigenvalue weighted by molar-refractivity contribution is 7.89. The molecule has 1 aliphatic rings. The molecule has 0 radical (unpaired) electrons. The minimum atomic E-state index is -3.65. The van der Waals surface area contributed by atoms with Crippen molar-refractivity contribution in [2.75, 3.05) is 13.1 Å². The van der Waals surface area contributed by atoms with Gasteiger partial charge in [0.25, 0.3) is 5.19 Å². The number of hydrogen-bond acceptors (Lipinski definition) is 6. The number of piperidine rings is 1. The van der Waals surface area contributed by atoms with E-state index in [0.29, 0.717) is 41.7 Å². The van der Waals surface area contributed by atoms with E-state index in [2.05, 4.69) is 4.98 Å². The van der Waals surface area contributed by atoms with E-state index in [0.717, 1.165) is 10.2 Å². The maximum Gasteiger partial charge on any atom is 0.274 e. The molecule has 6 nitrogen and oxygen atoms in total. The molecule has 1 saturated heterocycles. The number of benzene rings is 2. The van der Waals surface area contributed by atoms with Crippen molar-refractivity contribution >= 4 is 49.0 Å². The largest absolute Gasteiger partial charge is 0.467 e. The number of thiazole rings is 1. The third-order valence-electron chi connectivity index (χ3n) is 4.90. The van der Waals surface area contributed by atoms with Gasteiger partial charge in [-0.2, -0.15) is 4.31 Å². The fourth-order valence-corrected chi connectivity index (χ4v) is 6.00. The topological polar surface area (TPSA) is 76.6 Å². The minimum absolute atomic E-state index is 0.107. The highest BCUT2D eigenvalue weighted by Gasteiger charge is 2.31. The van der Waals surface area contributed by atoms with Crippen LogP contribution in [0, 0.1) is 0 Å². The van der Waals surface area contributed by atoms with Gasteiger partial charge in [-0.05, 0) is 44.0 Å². The van der Waals surface area contributed by atoms with Crippen molar-refractivity contribution in [1.82, 2.24) is 9.29 Å². The number of rotatable bonds is 5. The van der Waals surface area contributed by atoms with Gasteiger partial charge in [-0.25, -0.2) is 13.4 Å². The van der Waals surface area contributed by atoms with Gasteiger partial charge in [-0.3, -0.25) is 4.79 Å². The van der Waals surface area contributed by atoms with Crippen LogP contribution in [-0.2, 0) is 10.0 Å². The van der Waals surface area contributed by atoms with Gasteiger partial charge < -0.3 is 4.74 Å². The lowest BCUT2D eigenvalue weighted by Crippen LogP contribution is -2.41. The summed E-state index contributed by atoms with van der Waals surface area (Å²) in [6, 6.07) is 11.8. The van der Waals surface area contributed by atoms with Gasteiger partial charge in [0, 0.05) is 18.7 Å². The van der Waals surface area contributed by atoms with Crippen LogP contribution in [-0.4, -0.2) is 42.7 Å². The molecule has 0 amide bonds. The fraction of sp³-hybridized carbons (Fsp3) is 0.300. The Kier molecular flexibility index (Phi) is 5.61. The van der Waals surface area contributed by atoms with E-state index in [9.17, 15) is 13.2 Å². The number of carbonyl (C=O) groups excluding carboxylic acids is 1. The summed E-state index contributed by atoms with van der Waals surface area (Å²) in [6.07, 6.45) is 1.02. The lowest BCUT2D eigenvalue weighted by Gasteiger charge is -2.30. The first kappa shape index (κ1) is 20.3. The summed E-state index contributed by atoms with van der Waals surface area (Å²) >= 11 is 7.60. The number of aromatic nitrogens is 1. The van der Waals surface area contributed by atoms with Gasteiger partial charge in [-0.15, -0.1) is 0 Å². The van der Waals surface area contributed by atoms with Gasteiger partial charge in [0.2, 0.25) is 10.0 Å². The Bertz CT molecular complexity index is 1170. The molecule has 0 atom stereocenters. The molecule has 0 spiro atoms. The molecule has 1 aromatic heterocycles. The summed E-state index contributed by atoms with van der Waals surface area (Å²) in [4.78, 5) is 16.2. The number of sulfonamides is 1. The van der Waals surface area contributed by atoms with Gasteiger partial charge in [-0.1, -0.05) is 41.1 Å². The Morgan fingerprint density at radius 2 is 1.93 bits per heavy atom. The second kappa shape index (κ2) is 8.02. The fourth-order valence-electron chi connectivity index (χ4n) is 3.30.